The van der Waals surface area contributed by atoms with E-state index < -0.39 is 0 Å². The molecule has 19 heavy (non-hydrogen) atoms. The van der Waals surface area contributed by atoms with Crippen molar-refractivity contribution in [2.45, 2.75) is 77.2 Å². The summed E-state index contributed by atoms with van der Waals surface area (Å²) in [7, 11) is 0. The summed E-state index contributed by atoms with van der Waals surface area (Å²) in [6.45, 7) is 5.37. The summed E-state index contributed by atoms with van der Waals surface area (Å²) in [5, 5.41) is 7.74. The molecule has 2 atom stereocenters. The molecule has 1 heterocycles. The number of nitrogens with zero attached hydrogens (tertiary/aromatic N) is 2. The van der Waals surface area contributed by atoms with E-state index in [0.717, 1.165) is 31.1 Å². The average Bonchev–Trinajstić information content (AvgIpc) is 2.76. The fourth-order valence-corrected chi connectivity index (χ4v) is 2.96. The van der Waals surface area contributed by atoms with E-state index in [4.69, 9.17) is 4.52 Å². The molecule has 1 N–H and O–H groups in total. The Morgan fingerprint density at radius 2 is 2.05 bits per heavy atom. The number of likely N-dealkylation sites (N-methyl/N-ethyl adjacent to an activating group) is 1. The highest BCUT2D eigenvalue weighted by atomic mass is 16.5. The predicted octanol–water partition coefficient (Wildman–Crippen LogP) is 3.44. The second kappa shape index (κ2) is 7.63. The van der Waals surface area contributed by atoms with Gasteiger partial charge < -0.3 is 9.84 Å². The van der Waals surface area contributed by atoms with Crippen molar-refractivity contribution in [1.29, 1.82) is 0 Å². The van der Waals surface area contributed by atoms with Crippen molar-refractivity contribution in [2.75, 3.05) is 6.54 Å². The van der Waals surface area contributed by atoms with Gasteiger partial charge in [-0.3, -0.25) is 0 Å². The van der Waals surface area contributed by atoms with Gasteiger partial charge in [0.25, 0.3) is 0 Å². The number of hydrogen-bond acceptors (Lipinski definition) is 4. The Morgan fingerprint density at radius 1 is 1.21 bits per heavy atom. The van der Waals surface area contributed by atoms with Crippen LogP contribution in [0.4, 0.5) is 0 Å². The van der Waals surface area contributed by atoms with Crippen molar-refractivity contribution < 1.29 is 4.52 Å². The standard InChI is InChI=1S/C15H27N3O/c1-3-5-11-14-17-15(19-18-14)12-9-7-6-8-10-13(12)16-4-2/h12-13,16H,3-11H2,1-2H3. The molecule has 2 unspecified atom stereocenters. The molecule has 0 amide bonds. The van der Waals surface area contributed by atoms with E-state index in [1.807, 2.05) is 0 Å². The summed E-state index contributed by atoms with van der Waals surface area (Å²) in [6.07, 6.45) is 9.57. The molecule has 1 aliphatic carbocycles. The maximum Gasteiger partial charge on any atom is 0.231 e. The van der Waals surface area contributed by atoms with Crippen LogP contribution in [0.1, 0.15) is 76.4 Å². The van der Waals surface area contributed by atoms with Crippen LogP contribution in [0, 0.1) is 0 Å². The van der Waals surface area contributed by atoms with Crippen LogP contribution in [-0.4, -0.2) is 22.7 Å². The molecule has 0 saturated heterocycles. The number of hydrogen-bond donors (Lipinski definition) is 1. The lowest BCUT2D eigenvalue weighted by Gasteiger charge is -2.22. The Balaban J connectivity index is 2.05. The molecule has 2 rings (SSSR count). The van der Waals surface area contributed by atoms with Crippen LogP contribution in [0.3, 0.4) is 0 Å². The highest BCUT2D eigenvalue weighted by Crippen LogP contribution is 2.31. The van der Waals surface area contributed by atoms with Crippen LogP contribution < -0.4 is 5.32 Å². The first kappa shape index (κ1) is 14.5. The van der Waals surface area contributed by atoms with Gasteiger partial charge in [-0.15, -0.1) is 0 Å². The molecule has 108 valence electrons. The van der Waals surface area contributed by atoms with Crippen molar-refractivity contribution in [3.63, 3.8) is 0 Å². The van der Waals surface area contributed by atoms with E-state index in [-0.39, 0.29) is 0 Å². The number of unbranched alkanes of at least 4 members (excludes halogenated alkanes) is 1. The van der Waals surface area contributed by atoms with Gasteiger partial charge in [0.15, 0.2) is 5.82 Å². The molecule has 1 aromatic heterocycles. The molecule has 0 aliphatic heterocycles. The van der Waals surface area contributed by atoms with E-state index in [1.54, 1.807) is 0 Å². The van der Waals surface area contributed by atoms with Crippen LogP contribution >= 0.6 is 0 Å². The zero-order valence-electron chi connectivity index (χ0n) is 12.3. The molecule has 0 aromatic carbocycles. The normalized spacial score (nSPS) is 24.3. The summed E-state index contributed by atoms with van der Waals surface area (Å²) in [5.74, 6) is 2.15. The first-order valence-electron chi connectivity index (χ1n) is 7.91. The highest BCUT2D eigenvalue weighted by Gasteiger charge is 2.28. The number of rotatable bonds is 6. The van der Waals surface area contributed by atoms with Gasteiger partial charge in [0.2, 0.25) is 5.89 Å². The summed E-state index contributed by atoms with van der Waals surface area (Å²) in [4.78, 5) is 4.63. The molecule has 1 saturated carbocycles. The molecule has 1 aromatic rings. The van der Waals surface area contributed by atoms with Crippen LogP contribution in [0.2, 0.25) is 0 Å². The highest BCUT2D eigenvalue weighted by molar-refractivity contribution is 5.00. The monoisotopic (exact) mass is 265 g/mol. The molecule has 4 heteroatoms. The minimum Gasteiger partial charge on any atom is -0.339 e. The zero-order valence-corrected chi connectivity index (χ0v) is 12.3. The van der Waals surface area contributed by atoms with Gasteiger partial charge in [-0.25, -0.2) is 0 Å². The van der Waals surface area contributed by atoms with Crippen LogP contribution in [-0.2, 0) is 6.42 Å². The van der Waals surface area contributed by atoms with Crippen molar-refractivity contribution in [3.8, 4) is 0 Å². The summed E-state index contributed by atoms with van der Waals surface area (Å²) in [5.41, 5.74) is 0. The topological polar surface area (TPSA) is 51.0 Å². The third-order valence-electron chi connectivity index (χ3n) is 4.04. The van der Waals surface area contributed by atoms with Gasteiger partial charge in [0.05, 0.1) is 5.92 Å². The Morgan fingerprint density at radius 3 is 2.84 bits per heavy atom. The lowest BCUT2D eigenvalue weighted by molar-refractivity contribution is 0.304. The number of nitrogens with one attached hydrogen (secondary N) is 1. The molecule has 0 radical (unpaired) electrons. The van der Waals surface area contributed by atoms with E-state index >= 15 is 0 Å². The van der Waals surface area contributed by atoms with Crippen LogP contribution in [0.5, 0.6) is 0 Å². The van der Waals surface area contributed by atoms with E-state index in [0.29, 0.717) is 12.0 Å². The maximum absolute atomic E-state index is 5.53. The molecule has 4 nitrogen and oxygen atoms in total. The van der Waals surface area contributed by atoms with Crippen molar-refractivity contribution in [2.24, 2.45) is 0 Å². The Kier molecular flexibility index (Phi) is 5.83. The van der Waals surface area contributed by atoms with Gasteiger partial charge in [-0.05, 0) is 25.8 Å². The molecular formula is C15H27N3O. The molecule has 0 spiro atoms. The van der Waals surface area contributed by atoms with Gasteiger partial charge >= 0.3 is 0 Å². The van der Waals surface area contributed by atoms with Crippen molar-refractivity contribution in [1.82, 2.24) is 15.5 Å². The van der Waals surface area contributed by atoms with Gasteiger partial charge in [0.1, 0.15) is 0 Å². The smallest absolute Gasteiger partial charge is 0.231 e. The second-order valence-electron chi connectivity index (χ2n) is 5.56. The first-order chi connectivity index (χ1) is 9.35. The number of aryl methyl sites for hydroxylation is 1. The first-order valence-corrected chi connectivity index (χ1v) is 7.91. The third-order valence-corrected chi connectivity index (χ3v) is 4.04. The Hall–Kier alpha value is -0.900. The average molecular weight is 265 g/mol. The molecule has 1 aliphatic rings. The lowest BCUT2D eigenvalue weighted by atomic mass is 9.94. The zero-order chi connectivity index (χ0) is 13.5. The summed E-state index contributed by atoms with van der Waals surface area (Å²) < 4.78 is 5.53. The predicted molar refractivity (Wildman–Crippen MR) is 76.2 cm³/mol. The lowest BCUT2D eigenvalue weighted by Crippen LogP contribution is -2.34. The van der Waals surface area contributed by atoms with Crippen molar-refractivity contribution in [3.05, 3.63) is 11.7 Å². The Bertz CT molecular complexity index is 364. The molecule has 0 bridgehead atoms. The quantitative estimate of drug-likeness (QED) is 0.801. The Labute approximate surface area is 116 Å². The second-order valence-corrected chi connectivity index (χ2v) is 5.56. The fraction of sp³-hybridized carbons (Fsp3) is 0.867. The minimum absolute atomic E-state index is 0.408. The van der Waals surface area contributed by atoms with Gasteiger partial charge in [-0.1, -0.05) is 44.7 Å². The van der Waals surface area contributed by atoms with E-state index in [2.05, 4.69) is 29.3 Å². The third kappa shape index (κ3) is 4.03. The minimum atomic E-state index is 0.408. The van der Waals surface area contributed by atoms with E-state index in [1.165, 1.54) is 38.5 Å². The van der Waals surface area contributed by atoms with Gasteiger partial charge in [-0.2, -0.15) is 4.98 Å². The SMILES string of the molecule is CCCCc1noc(C2CCCCCC2NCC)n1. The van der Waals surface area contributed by atoms with Crippen LogP contribution in [0.25, 0.3) is 0 Å². The maximum atomic E-state index is 5.53. The van der Waals surface area contributed by atoms with E-state index in [9.17, 15) is 0 Å². The number of aromatic nitrogens is 2. The summed E-state index contributed by atoms with van der Waals surface area (Å²) in [6, 6.07) is 0.506. The fourth-order valence-electron chi connectivity index (χ4n) is 2.96. The summed E-state index contributed by atoms with van der Waals surface area (Å²) >= 11 is 0. The van der Waals surface area contributed by atoms with Gasteiger partial charge in [0, 0.05) is 12.5 Å². The largest absolute Gasteiger partial charge is 0.339 e. The van der Waals surface area contributed by atoms with Crippen molar-refractivity contribution >= 4 is 0 Å². The molecular weight excluding hydrogens is 238 g/mol. The van der Waals surface area contributed by atoms with Crippen LogP contribution in [0.15, 0.2) is 4.52 Å². The molecule has 1 fully saturated rings.